The first-order valence-electron chi connectivity index (χ1n) is 16.8. The van der Waals surface area contributed by atoms with E-state index >= 15 is 0 Å². The molecule has 6 heteroatoms. The number of imidazole rings is 1. The first-order valence-corrected chi connectivity index (χ1v) is 16.8. The highest BCUT2D eigenvalue weighted by Gasteiger charge is 2.29. The number of aromatic nitrogens is 4. The molecule has 1 N–H and O–H groups in total. The van der Waals surface area contributed by atoms with E-state index in [2.05, 4.69) is 79.1 Å². The number of rotatable bonds is 9. The molecule has 6 nitrogen and oxygen atoms in total. The van der Waals surface area contributed by atoms with Crippen molar-refractivity contribution in [2.75, 3.05) is 0 Å². The molecule has 0 radical (unpaired) electrons. The fourth-order valence-electron chi connectivity index (χ4n) is 7.22. The predicted molar refractivity (Wildman–Crippen MR) is 187 cm³/mol. The van der Waals surface area contributed by atoms with Gasteiger partial charge in [0.05, 0.1) is 22.5 Å². The molecule has 4 aromatic carbocycles. The Bertz CT molecular complexity index is 2000. The number of carbonyl (C=O) groups is 1. The summed E-state index contributed by atoms with van der Waals surface area (Å²) in [5.74, 6) is 0.629. The fraction of sp³-hybridized carbons (Fsp3) is 0.268. The zero-order valence-electron chi connectivity index (χ0n) is 27.0. The van der Waals surface area contributed by atoms with Crippen molar-refractivity contribution in [2.45, 2.75) is 70.3 Å². The summed E-state index contributed by atoms with van der Waals surface area (Å²) in [6.45, 7) is 5.06. The maximum absolute atomic E-state index is 11.9. The maximum atomic E-state index is 11.9. The van der Waals surface area contributed by atoms with Crippen LogP contribution in [0.2, 0.25) is 0 Å². The first kappa shape index (κ1) is 30.5. The zero-order chi connectivity index (χ0) is 32.3. The van der Waals surface area contributed by atoms with E-state index in [1.54, 1.807) is 12.1 Å². The lowest BCUT2D eigenvalue weighted by Gasteiger charge is -2.23. The molecule has 1 aliphatic carbocycles. The third-order valence-electron chi connectivity index (χ3n) is 9.90. The summed E-state index contributed by atoms with van der Waals surface area (Å²) < 4.78 is 2.43. The van der Waals surface area contributed by atoms with Crippen LogP contribution >= 0.6 is 0 Å². The molecule has 47 heavy (non-hydrogen) atoms. The van der Waals surface area contributed by atoms with Gasteiger partial charge < -0.3 is 9.67 Å². The van der Waals surface area contributed by atoms with Crippen LogP contribution in [-0.4, -0.2) is 30.8 Å². The minimum Gasteiger partial charge on any atom is -0.478 e. The molecule has 236 valence electrons. The van der Waals surface area contributed by atoms with Crippen LogP contribution in [0.4, 0.5) is 0 Å². The highest BCUT2D eigenvalue weighted by molar-refractivity contribution is 5.96. The summed E-state index contributed by atoms with van der Waals surface area (Å²) in [7, 11) is 0. The maximum Gasteiger partial charge on any atom is 0.336 e. The van der Waals surface area contributed by atoms with Gasteiger partial charge in [-0.05, 0) is 46.7 Å². The number of fused-ring (bicyclic) bond motifs is 1. The molecule has 0 spiro atoms. The third kappa shape index (κ3) is 6.08. The van der Waals surface area contributed by atoms with Gasteiger partial charge in [0.25, 0.3) is 0 Å². The summed E-state index contributed by atoms with van der Waals surface area (Å²) in [6, 6.07) is 36.5. The number of carboxylic acids is 1. The number of nitrogens with zero attached hydrogens (tertiary/aromatic N) is 4. The molecule has 0 saturated heterocycles. The molecule has 0 aliphatic heterocycles. The number of benzene rings is 4. The van der Waals surface area contributed by atoms with Crippen LogP contribution in [0, 0.1) is 0 Å². The summed E-state index contributed by atoms with van der Waals surface area (Å²) >= 11 is 0. The average Bonchev–Trinajstić information content (AvgIpc) is 3.51. The van der Waals surface area contributed by atoms with Crippen molar-refractivity contribution < 1.29 is 9.90 Å². The highest BCUT2D eigenvalue weighted by Crippen LogP contribution is 2.39. The number of aromatic carboxylic acids is 1. The molecule has 7 rings (SSSR count). The summed E-state index contributed by atoms with van der Waals surface area (Å²) in [4.78, 5) is 17.4. The Morgan fingerprint density at radius 1 is 0.745 bits per heavy atom. The summed E-state index contributed by atoms with van der Waals surface area (Å²) in [5, 5.41) is 19.7. The van der Waals surface area contributed by atoms with Crippen molar-refractivity contribution in [3.63, 3.8) is 0 Å². The number of carboxylic acid groups (broad SMARTS) is 1. The molecular weight excluding hydrogens is 580 g/mol. The van der Waals surface area contributed by atoms with E-state index in [-0.39, 0.29) is 11.8 Å². The smallest absolute Gasteiger partial charge is 0.336 e. The number of hydrogen-bond donors (Lipinski definition) is 1. The van der Waals surface area contributed by atoms with Gasteiger partial charge in [-0.25, -0.2) is 9.78 Å². The van der Waals surface area contributed by atoms with Crippen LogP contribution in [0.15, 0.2) is 109 Å². The Morgan fingerprint density at radius 3 is 1.96 bits per heavy atom. The molecule has 2 heterocycles. The van der Waals surface area contributed by atoms with Crippen molar-refractivity contribution in [3.05, 3.63) is 149 Å². The van der Waals surface area contributed by atoms with E-state index in [0.29, 0.717) is 18.0 Å². The van der Waals surface area contributed by atoms with Crippen LogP contribution in [0.5, 0.6) is 0 Å². The second-order valence-electron chi connectivity index (χ2n) is 12.9. The Hall–Kier alpha value is -5.10. The molecule has 6 aromatic rings. The van der Waals surface area contributed by atoms with Crippen molar-refractivity contribution in [3.8, 4) is 11.1 Å². The monoisotopic (exact) mass is 620 g/mol. The molecule has 2 aromatic heterocycles. The molecule has 0 amide bonds. The van der Waals surface area contributed by atoms with Crippen LogP contribution in [0.1, 0.15) is 108 Å². The minimum absolute atomic E-state index is 0.0248. The molecule has 1 fully saturated rings. The lowest BCUT2D eigenvalue weighted by molar-refractivity contribution is 0.0697. The molecular formula is C41H40N4O2. The Labute approximate surface area is 276 Å². The van der Waals surface area contributed by atoms with Crippen LogP contribution in [0.3, 0.4) is 0 Å². The van der Waals surface area contributed by atoms with E-state index in [1.807, 2.05) is 36.4 Å². The van der Waals surface area contributed by atoms with E-state index in [4.69, 9.17) is 15.2 Å². The quantitative estimate of drug-likeness (QED) is 0.174. The van der Waals surface area contributed by atoms with Gasteiger partial charge in [-0.3, -0.25) is 0 Å². The summed E-state index contributed by atoms with van der Waals surface area (Å²) in [6.07, 6.45) is 5.95. The normalized spacial score (nSPS) is 15.0. The third-order valence-corrected chi connectivity index (χ3v) is 9.90. The van der Waals surface area contributed by atoms with Gasteiger partial charge in [-0.2, -0.15) is 10.2 Å². The topological polar surface area (TPSA) is 80.9 Å². The molecule has 0 bridgehead atoms. The van der Waals surface area contributed by atoms with Crippen molar-refractivity contribution in [2.24, 2.45) is 0 Å². The van der Waals surface area contributed by atoms with Crippen LogP contribution in [-0.2, 0) is 6.54 Å². The largest absolute Gasteiger partial charge is 0.478 e. The van der Waals surface area contributed by atoms with Gasteiger partial charge in [0, 0.05) is 24.3 Å². The fourth-order valence-corrected chi connectivity index (χ4v) is 7.22. The second kappa shape index (κ2) is 13.3. The number of hydrogen-bond acceptors (Lipinski definition) is 4. The van der Waals surface area contributed by atoms with Gasteiger partial charge in [0.2, 0.25) is 0 Å². The standard InChI is InChI=1S/C41H40N4O2/c1-27(30-14-6-3-7-15-30)36-38-39(37(44-43-36)28(2)31-16-8-4-9-17-31)45(40(42-38)33-18-10-5-11-19-33)26-29-22-24-32(25-23-29)34-20-12-13-21-35(34)41(46)47/h3-4,6-9,12-17,20-25,27-28,33H,5,10-11,18-19,26H2,1-2H3,(H,46,47). The second-order valence-corrected chi connectivity index (χ2v) is 12.9. The average molecular weight is 621 g/mol. The molecule has 1 aliphatic rings. The summed E-state index contributed by atoms with van der Waals surface area (Å²) in [5.41, 5.74) is 9.29. The van der Waals surface area contributed by atoms with Gasteiger partial charge in [-0.15, -0.1) is 0 Å². The van der Waals surface area contributed by atoms with E-state index in [9.17, 15) is 9.90 Å². The van der Waals surface area contributed by atoms with Gasteiger partial charge in [0.1, 0.15) is 11.3 Å². The Morgan fingerprint density at radius 2 is 1.32 bits per heavy atom. The SMILES string of the molecule is CC(c1ccccc1)c1nnc(C(C)c2ccccc2)c2c1nc(C1CCCCC1)n2Cc1ccc(-c2ccccc2C(=O)O)cc1. The first-order chi connectivity index (χ1) is 23.0. The van der Waals surface area contributed by atoms with Crippen molar-refractivity contribution >= 4 is 17.0 Å². The predicted octanol–water partition coefficient (Wildman–Crippen LogP) is 9.59. The van der Waals surface area contributed by atoms with Gasteiger partial charge in [-0.1, -0.05) is 136 Å². The van der Waals surface area contributed by atoms with Gasteiger partial charge >= 0.3 is 5.97 Å². The van der Waals surface area contributed by atoms with Crippen molar-refractivity contribution in [1.82, 2.24) is 19.7 Å². The molecule has 2 unspecified atom stereocenters. The molecule has 2 atom stereocenters. The zero-order valence-corrected chi connectivity index (χ0v) is 27.0. The van der Waals surface area contributed by atoms with E-state index < -0.39 is 5.97 Å². The lowest BCUT2D eigenvalue weighted by atomic mass is 9.88. The van der Waals surface area contributed by atoms with Gasteiger partial charge in [0.15, 0.2) is 0 Å². The van der Waals surface area contributed by atoms with Crippen molar-refractivity contribution in [1.29, 1.82) is 0 Å². The van der Waals surface area contributed by atoms with Crippen LogP contribution in [0.25, 0.3) is 22.2 Å². The minimum atomic E-state index is -0.923. The Balaban J connectivity index is 1.39. The van der Waals surface area contributed by atoms with E-state index in [1.165, 1.54) is 30.4 Å². The van der Waals surface area contributed by atoms with E-state index in [0.717, 1.165) is 57.8 Å². The van der Waals surface area contributed by atoms with Crippen LogP contribution < -0.4 is 0 Å². The lowest BCUT2D eigenvalue weighted by Crippen LogP contribution is -2.14. The molecule has 1 saturated carbocycles. The highest BCUT2D eigenvalue weighted by atomic mass is 16.4. The Kier molecular flexibility index (Phi) is 8.66.